The van der Waals surface area contributed by atoms with Crippen LogP contribution in [-0.4, -0.2) is 61.4 Å². The summed E-state index contributed by atoms with van der Waals surface area (Å²) in [6.07, 6.45) is 5.58. The van der Waals surface area contributed by atoms with Crippen molar-refractivity contribution in [3.63, 3.8) is 0 Å². The molecule has 2 aromatic carbocycles. The molecule has 1 fully saturated rings. The van der Waals surface area contributed by atoms with Crippen LogP contribution >= 0.6 is 35.5 Å². The van der Waals surface area contributed by atoms with Gasteiger partial charge in [0.05, 0.1) is 23.4 Å². The molecule has 0 N–H and O–H groups in total. The molecule has 5 nitrogen and oxygen atoms in total. The average molecular weight is 476 g/mol. The normalized spacial score (nSPS) is 14.6. The lowest BCUT2D eigenvalue weighted by molar-refractivity contribution is -0.114. The van der Waals surface area contributed by atoms with Gasteiger partial charge >= 0.3 is 0 Å². The number of nitrogens with zero attached hydrogens (tertiary/aromatic N) is 3. The smallest absolute Gasteiger partial charge is 0.252 e. The number of fused-ring (bicyclic) bond motifs is 1. The molecule has 0 radical (unpaired) electrons. The van der Waals surface area contributed by atoms with Crippen LogP contribution in [0.2, 0.25) is 0 Å². The molecule has 0 atom stereocenters. The monoisotopic (exact) mass is 475 g/mol. The summed E-state index contributed by atoms with van der Waals surface area (Å²) in [4.78, 5) is 23.3. The fourth-order valence-electron chi connectivity index (χ4n) is 3.32. The second kappa shape index (κ2) is 11.6. The third-order valence-electron chi connectivity index (χ3n) is 5.04. The first-order valence-corrected chi connectivity index (χ1v) is 12.1. The van der Waals surface area contributed by atoms with Crippen molar-refractivity contribution in [3.8, 4) is 0 Å². The van der Waals surface area contributed by atoms with Crippen molar-refractivity contribution in [2.45, 2.75) is 4.90 Å². The van der Waals surface area contributed by atoms with Crippen molar-refractivity contribution >= 4 is 62.8 Å². The molecule has 0 aliphatic carbocycles. The molecule has 1 aliphatic rings. The largest absolute Gasteiger partial charge is 0.379 e. The molecule has 2 heterocycles. The Morgan fingerprint density at radius 3 is 2.74 bits per heavy atom. The van der Waals surface area contributed by atoms with Crippen molar-refractivity contribution in [2.24, 2.45) is 0 Å². The van der Waals surface area contributed by atoms with E-state index in [2.05, 4.69) is 23.3 Å². The van der Waals surface area contributed by atoms with Crippen LogP contribution in [-0.2, 0) is 9.53 Å². The second-order valence-electron chi connectivity index (χ2n) is 7.02. The Labute approximate surface area is 197 Å². The van der Waals surface area contributed by atoms with Gasteiger partial charge < -0.3 is 4.74 Å². The number of anilines is 1. The number of thiazole rings is 1. The first-order chi connectivity index (χ1) is 14.7. The zero-order valence-electron chi connectivity index (χ0n) is 17.4. The summed E-state index contributed by atoms with van der Waals surface area (Å²) < 4.78 is 6.55. The Morgan fingerprint density at radius 2 is 2.00 bits per heavy atom. The van der Waals surface area contributed by atoms with Crippen LogP contribution in [0.4, 0.5) is 5.13 Å². The Balaban J connectivity index is 0.00000272. The van der Waals surface area contributed by atoms with E-state index in [1.807, 2.05) is 42.5 Å². The number of amides is 1. The van der Waals surface area contributed by atoms with Gasteiger partial charge in [0.1, 0.15) is 0 Å². The summed E-state index contributed by atoms with van der Waals surface area (Å²) in [5.41, 5.74) is 1.94. The molecule has 0 bridgehead atoms. The molecule has 8 heteroatoms. The Bertz CT molecular complexity index is 1020. The summed E-state index contributed by atoms with van der Waals surface area (Å²) in [5, 5.41) is 0.749. The van der Waals surface area contributed by atoms with E-state index in [0.717, 1.165) is 53.8 Å². The number of morpholine rings is 1. The van der Waals surface area contributed by atoms with Crippen molar-refractivity contribution in [1.82, 2.24) is 9.88 Å². The lowest BCUT2D eigenvalue weighted by atomic mass is 10.2. The predicted octanol–water partition coefficient (Wildman–Crippen LogP) is 4.82. The lowest BCUT2D eigenvalue weighted by Crippen LogP contribution is -2.42. The number of benzene rings is 2. The van der Waals surface area contributed by atoms with E-state index < -0.39 is 0 Å². The standard InChI is InChI=1S/C23H25N3O2S2.ClH/c1-29-19-8-9-20-21(17-19)30-23(24-20)26(12-11-25-13-15-28-16-14-25)22(27)10-7-18-5-3-2-4-6-18;/h2-10,17H,11-16H2,1H3;1H. The van der Waals surface area contributed by atoms with Crippen LogP contribution in [0.25, 0.3) is 16.3 Å². The van der Waals surface area contributed by atoms with Crippen LogP contribution in [0.3, 0.4) is 0 Å². The first kappa shape index (κ1) is 23.8. The highest BCUT2D eigenvalue weighted by Crippen LogP contribution is 2.31. The number of aromatic nitrogens is 1. The van der Waals surface area contributed by atoms with E-state index in [1.165, 1.54) is 4.90 Å². The lowest BCUT2D eigenvalue weighted by Gasteiger charge is -2.28. The van der Waals surface area contributed by atoms with Gasteiger partial charge in [0.2, 0.25) is 0 Å². The molecule has 0 spiro atoms. The van der Waals surface area contributed by atoms with Crippen LogP contribution in [0.5, 0.6) is 0 Å². The number of thioether (sulfide) groups is 1. The van der Waals surface area contributed by atoms with Crippen molar-refractivity contribution < 1.29 is 9.53 Å². The summed E-state index contributed by atoms with van der Waals surface area (Å²) in [7, 11) is 0. The summed E-state index contributed by atoms with van der Waals surface area (Å²) >= 11 is 3.29. The molecule has 4 rings (SSSR count). The number of rotatable bonds is 7. The topological polar surface area (TPSA) is 45.7 Å². The van der Waals surface area contributed by atoms with E-state index in [9.17, 15) is 4.79 Å². The molecule has 164 valence electrons. The van der Waals surface area contributed by atoms with Gasteiger partial charge in [-0.2, -0.15) is 0 Å². The highest BCUT2D eigenvalue weighted by molar-refractivity contribution is 7.98. The molecular weight excluding hydrogens is 450 g/mol. The molecule has 1 aromatic heterocycles. The molecule has 1 aliphatic heterocycles. The summed E-state index contributed by atoms with van der Waals surface area (Å²) in [5.74, 6) is -0.0451. The molecule has 1 amide bonds. The SMILES string of the molecule is CSc1ccc2nc(N(CCN3CCOCC3)C(=O)C=Cc3ccccc3)sc2c1.Cl. The maximum Gasteiger partial charge on any atom is 0.252 e. The van der Waals surface area contributed by atoms with Crippen LogP contribution in [0, 0.1) is 0 Å². The second-order valence-corrected chi connectivity index (χ2v) is 8.91. The van der Waals surface area contributed by atoms with Gasteiger partial charge in [0, 0.05) is 37.2 Å². The third kappa shape index (κ3) is 6.30. The average Bonchev–Trinajstić information content (AvgIpc) is 3.22. The van der Waals surface area contributed by atoms with Crippen LogP contribution in [0.1, 0.15) is 5.56 Å². The minimum Gasteiger partial charge on any atom is -0.379 e. The molecule has 1 saturated heterocycles. The van der Waals surface area contributed by atoms with Gasteiger partial charge in [0.15, 0.2) is 5.13 Å². The predicted molar refractivity (Wildman–Crippen MR) is 134 cm³/mol. The molecular formula is C23H26ClN3O2S2. The first-order valence-electron chi connectivity index (χ1n) is 10.0. The zero-order valence-corrected chi connectivity index (χ0v) is 19.8. The van der Waals surface area contributed by atoms with Gasteiger partial charge in [-0.25, -0.2) is 4.98 Å². The number of halogens is 1. The Morgan fingerprint density at radius 1 is 1.23 bits per heavy atom. The quantitative estimate of drug-likeness (QED) is 0.362. The van der Waals surface area contributed by atoms with Gasteiger partial charge in [-0.3, -0.25) is 14.6 Å². The Kier molecular flexibility index (Phi) is 8.92. The minimum atomic E-state index is -0.0451. The van der Waals surface area contributed by atoms with Crippen molar-refractivity contribution in [1.29, 1.82) is 0 Å². The number of carbonyl (C=O) groups is 1. The molecule has 0 unspecified atom stereocenters. The highest BCUT2D eigenvalue weighted by Gasteiger charge is 2.20. The minimum absolute atomic E-state index is 0. The van der Waals surface area contributed by atoms with E-state index >= 15 is 0 Å². The third-order valence-corrected chi connectivity index (χ3v) is 6.81. The van der Waals surface area contributed by atoms with Gasteiger partial charge in [-0.1, -0.05) is 41.7 Å². The molecule has 31 heavy (non-hydrogen) atoms. The Hall–Kier alpha value is -1.90. The van der Waals surface area contributed by atoms with E-state index in [1.54, 1.807) is 34.1 Å². The number of carbonyl (C=O) groups excluding carboxylic acids is 1. The highest BCUT2D eigenvalue weighted by atomic mass is 35.5. The molecule has 3 aromatic rings. The van der Waals surface area contributed by atoms with Gasteiger partial charge in [0.25, 0.3) is 5.91 Å². The zero-order chi connectivity index (χ0) is 20.8. The van der Waals surface area contributed by atoms with E-state index in [-0.39, 0.29) is 18.3 Å². The maximum absolute atomic E-state index is 13.1. The van der Waals surface area contributed by atoms with Crippen molar-refractivity contribution in [3.05, 3.63) is 60.2 Å². The van der Waals surface area contributed by atoms with Crippen LogP contribution in [0.15, 0.2) is 59.5 Å². The van der Waals surface area contributed by atoms with Crippen LogP contribution < -0.4 is 4.90 Å². The maximum atomic E-state index is 13.1. The molecule has 0 saturated carbocycles. The number of hydrogen-bond donors (Lipinski definition) is 0. The van der Waals surface area contributed by atoms with Crippen molar-refractivity contribution in [2.75, 3.05) is 50.5 Å². The number of ether oxygens (including phenoxy) is 1. The van der Waals surface area contributed by atoms with Gasteiger partial charge in [-0.05, 0) is 36.1 Å². The number of hydrogen-bond acceptors (Lipinski definition) is 6. The van der Waals surface area contributed by atoms with Gasteiger partial charge in [-0.15, -0.1) is 24.2 Å². The summed E-state index contributed by atoms with van der Waals surface area (Å²) in [6.45, 7) is 4.71. The van der Waals surface area contributed by atoms with E-state index in [0.29, 0.717) is 6.54 Å². The fraction of sp³-hybridized carbons (Fsp3) is 0.304. The summed E-state index contributed by atoms with van der Waals surface area (Å²) in [6, 6.07) is 16.1. The fourth-order valence-corrected chi connectivity index (χ4v) is 4.87. The van der Waals surface area contributed by atoms with E-state index in [4.69, 9.17) is 9.72 Å².